The number of rotatable bonds is 5. The largest absolute Gasteiger partial charge is 0.364 e. The minimum absolute atomic E-state index is 0.0231. The Morgan fingerprint density at radius 2 is 1.91 bits per heavy atom. The van der Waals surface area contributed by atoms with Gasteiger partial charge in [-0.3, -0.25) is 14.5 Å². The molecular weight excluding hydrogens is 284 g/mol. The monoisotopic (exact) mass is 312 g/mol. The summed E-state index contributed by atoms with van der Waals surface area (Å²) in [6.45, 7) is 7.53. The van der Waals surface area contributed by atoms with Crippen LogP contribution in [-0.4, -0.2) is 79.1 Å². The summed E-state index contributed by atoms with van der Waals surface area (Å²) in [4.78, 5) is 28.1. The number of piperazine rings is 1. The van der Waals surface area contributed by atoms with E-state index in [1.54, 1.807) is 0 Å². The maximum absolute atomic E-state index is 12.4. The Morgan fingerprint density at radius 3 is 2.45 bits per heavy atom. The number of amides is 2. The van der Waals surface area contributed by atoms with Gasteiger partial charge in [0.15, 0.2) is 0 Å². The predicted molar refractivity (Wildman–Crippen MR) is 83.2 cm³/mol. The van der Waals surface area contributed by atoms with Crippen LogP contribution < -0.4 is 11.1 Å². The molecular formula is C15H28N4O3. The molecule has 0 radical (unpaired) electrons. The maximum atomic E-state index is 12.4. The molecule has 2 saturated heterocycles. The molecule has 22 heavy (non-hydrogen) atoms. The third-order valence-electron chi connectivity index (χ3n) is 4.15. The normalized spacial score (nSPS) is 26.5. The summed E-state index contributed by atoms with van der Waals surface area (Å²) in [5, 5.41) is 2.89. The summed E-state index contributed by atoms with van der Waals surface area (Å²) < 4.78 is 5.67. The van der Waals surface area contributed by atoms with Gasteiger partial charge in [-0.2, -0.15) is 0 Å². The zero-order chi connectivity index (χ0) is 16.1. The smallest absolute Gasteiger partial charge is 0.251 e. The van der Waals surface area contributed by atoms with Gasteiger partial charge in [-0.15, -0.1) is 0 Å². The van der Waals surface area contributed by atoms with E-state index in [1.807, 2.05) is 18.7 Å². The van der Waals surface area contributed by atoms with Crippen LogP contribution in [0.25, 0.3) is 0 Å². The van der Waals surface area contributed by atoms with Crippen molar-refractivity contribution in [1.29, 1.82) is 0 Å². The fourth-order valence-corrected chi connectivity index (χ4v) is 2.96. The topological polar surface area (TPSA) is 87.9 Å². The average Bonchev–Trinajstić information content (AvgIpc) is 2.95. The molecule has 7 heteroatoms. The van der Waals surface area contributed by atoms with Gasteiger partial charge in [0.1, 0.15) is 6.10 Å². The quantitative estimate of drug-likeness (QED) is 0.691. The van der Waals surface area contributed by atoms with E-state index in [2.05, 4.69) is 10.2 Å². The Kier molecular flexibility index (Phi) is 6.16. The van der Waals surface area contributed by atoms with Crippen LogP contribution in [0.5, 0.6) is 0 Å². The molecule has 0 aromatic carbocycles. The van der Waals surface area contributed by atoms with Gasteiger partial charge in [-0.25, -0.2) is 0 Å². The van der Waals surface area contributed by atoms with Crippen molar-refractivity contribution in [3.63, 3.8) is 0 Å². The van der Waals surface area contributed by atoms with E-state index in [0.29, 0.717) is 26.2 Å². The van der Waals surface area contributed by atoms with Crippen molar-refractivity contribution >= 4 is 11.8 Å². The standard InChI is InChI=1S/C15H28N4O3/c1-11(2)17-14(20)10-18-5-7-19(8-6-18)15(21)13-4-3-12(9-16)22-13/h11-13H,3-10,16H2,1-2H3,(H,17,20)/t12-,13+/m1/s1. The Bertz CT molecular complexity index is 394. The van der Waals surface area contributed by atoms with Gasteiger partial charge in [0, 0.05) is 38.8 Å². The number of carbonyl (C=O) groups excluding carboxylic acids is 2. The predicted octanol–water partition coefficient (Wildman–Crippen LogP) is -0.838. The first-order chi connectivity index (χ1) is 10.5. The van der Waals surface area contributed by atoms with E-state index >= 15 is 0 Å². The van der Waals surface area contributed by atoms with Crippen LogP contribution in [0.4, 0.5) is 0 Å². The molecule has 2 amide bonds. The molecule has 0 saturated carbocycles. The molecule has 0 aromatic rings. The van der Waals surface area contributed by atoms with Gasteiger partial charge >= 0.3 is 0 Å². The average molecular weight is 312 g/mol. The first kappa shape index (κ1) is 17.2. The van der Waals surface area contributed by atoms with Crippen LogP contribution in [0.2, 0.25) is 0 Å². The van der Waals surface area contributed by atoms with Crippen molar-refractivity contribution in [2.24, 2.45) is 5.73 Å². The zero-order valence-corrected chi connectivity index (χ0v) is 13.6. The van der Waals surface area contributed by atoms with E-state index in [1.165, 1.54) is 0 Å². The number of nitrogens with two attached hydrogens (primary N) is 1. The Labute approximate surface area is 132 Å². The molecule has 2 aliphatic heterocycles. The molecule has 0 aromatic heterocycles. The molecule has 0 spiro atoms. The number of hydrogen-bond acceptors (Lipinski definition) is 5. The molecule has 2 rings (SSSR count). The summed E-state index contributed by atoms with van der Waals surface area (Å²) in [6, 6.07) is 0.158. The highest BCUT2D eigenvalue weighted by molar-refractivity contribution is 5.81. The van der Waals surface area contributed by atoms with E-state index in [4.69, 9.17) is 10.5 Å². The van der Waals surface area contributed by atoms with E-state index in [0.717, 1.165) is 25.9 Å². The number of carbonyl (C=O) groups is 2. The van der Waals surface area contributed by atoms with Crippen LogP contribution in [-0.2, 0) is 14.3 Å². The van der Waals surface area contributed by atoms with Gasteiger partial charge in [0.2, 0.25) is 5.91 Å². The van der Waals surface area contributed by atoms with E-state index in [9.17, 15) is 9.59 Å². The second-order valence-corrected chi connectivity index (χ2v) is 6.38. The highest BCUT2D eigenvalue weighted by Crippen LogP contribution is 2.21. The van der Waals surface area contributed by atoms with Gasteiger partial charge in [-0.05, 0) is 26.7 Å². The van der Waals surface area contributed by atoms with Gasteiger partial charge in [-0.1, -0.05) is 0 Å². The Hall–Kier alpha value is -1.18. The minimum Gasteiger partial charge on any atom is -0.364 e. The molecule has 0 bridgehead atoms. The van der Waals surface area contributed by atoms with Crippen molar-refractivity contribution in [3.8, 4) is 0 Å². The Morgan fingerprint density at radius 1 is 1.23 bits per heavy atom. The molecule has 3 N–H and O–H groups in total. The fourth-order valence-electron chi connectivity index (χ4n) is 2.96. The summed E-state index contributed by atoms with van der Waals surface area (Å²) in [6.07, 6.45) is 1.32. The molecule has 0 aliphatic carbocycles. The number of ether oxygens (including phenoxy) is 1. The summed E-state index contributed by atoms with van der Waals surface area (Å²) in [7, 11) is 0. The van der Waals surface area contributed by atoms with E-state index in [-0.39, 0.29) is 30.1 Å². The van der Waals surface area contributed by atoms with Crippen LogP contribution in [0, 0.1) is 0 Å². The highest BCUT2D eigenvalue weighted by Gasteiger charge is 2.34. The Balaban J connectivity index is 1.73. The second kappa shape index (κ2) is 7.89. The van der Waals surface area contributed by atoms with Gasteiger partial charge in [0.05, 0.1) is 12.6 Å². The van der Waals surface area contributed by atoms with Gasteiger partial charge < -0.3 is 20.7 Å². The SMILES string of the molecule is CC(C)NC(=O)CN1CCN(C(=O)[C@@H]2CC[C@H](CN)O2)CC1. The number of hydrogen-bond donors (Lipinski definition) is 2. The highest BCUT2D eigenvalue weighted by atomic mass is 16.5. The minimum atomic E-state index is -0.329. The third-order valence-corrected chi connectivity index (χ3v) is 4.15. The first-order valence-electron chi connectivity index (χ1n) is 8.15. The summed E-state index contributed by atoms with van der Waals surface area (Å²) in [5.74, 6) is 0.113. The molecule has 2 heterocycles. The summed E-state index contributed by atoms with van der Waals surface area (Å²) in [5.41, 5.74) is 5.58. The van der Waals surface area contributed by atoms with Gasteiger partial charge in [0.25, 0.3) is 5.91 Å². The zero-order valence-electron chi connectivity index (χ0n) is 13.6. The second-order valence-electron chi connectivity index (χ2n) is 6.38. The molecule has 126 valence electrons. The molecule has 7 nitrogen and oxygen atoms in total. The molecule has 0 unspecified atom stereocenters. The third kappa shape index (κ3) is 4.66. The van der Waals surface area contributed by atoms with Crippen molar-refractivity contribution in [1.82, 2.24) is 15.1 Å². The maximum Gasteiger partial charge on any atom is 0.251 e. The lowest BCUT2D eigenvalue weighted by atomic mass is 10.1. The molecule has 2 aliphatic rings. The number of nitrogens with zero attached hydrogens (tertiary/aromatic N) is 2. The van der Waals surface area contributed by atoms with Crippen LogP contribution in [0.1, 0.15) is 26.7 Å². The number of nitrogens with one attached hydrogen (secondary N) is 1. The molecule has 2 fully saturated rings. The lowest BCUT2D eigenvalue weighted by molar-refractivity contribution is -0.144. The lowest BCUT2D eigenvalue weighted by Gasteiger charge is -2.35. The van der Waals surface area contributed by atoms with Crippen LogP contribution in [0.3, 0.4) is 0 Å². The molecule has 2 atom stereocenters. The van der Waals surface area contributed by atoms with Crippen molar-refractivity contribution < 1.29 is 14.3 Å². The first-order valence-corrected chi connectivity index (χ1v) is 8.15. The van der Waals surface area contributed by atoms with Crippen molar-refractivity contribution in [2.45, 2.75) is 44.9 Å². The van der Waals surface area contributed by atoms with E-state index < -0.39 is 0 Å². The van der Waals surface area contributed by atoms with Crippen molar-refractivity contribution in [3.05, 3.63) is 0 Å². The fraction of sp³-hybridized carbons (Fsp3) is 0.867. The van der Waals surface area contributed by atoms with Crippen molar-refractivity contribution in [2.75, 3.05) is 39.3 Å². The summed E-state index contributed by atoms with van der Waals surface area (Å²) >= 11 is 0. The van der Waals surface area contributed by atoms with Crippen LogP contribution >= 0.6 is 0 Å². The lowest BCUT2D eigenvalue weighted by Crippen LogP contribution is -2.53. The van der Waals surface area contributed by atoms with Crippen LogP contribution in [0.15, 0.2) is 0 Å².